The van der Waals surface area contributed by atoms with Gasteiger partial charge in [-0.05, 0) is 55.0 Å². The molecule has 1 unspecified atom stereocenters. The number of fused-ring (bicyclic) bond motifs is 1. The first kappa shape index (κ1) is 16.5. The average molecular weight is 324 g/mol. The Morgan fingerprint density at radius 3 is 2.83 bits per heavy atom. The molecule has 0 fully saturated rings. The van der Waals surface area contributed by atoms with Crippen molar-refractivity contribution in [3.8, 4) is 5.75 Å². The molecule has 1 aliphatic rings. The van der Waals surface area contributed by atoms with Crippen molar-refractivity contribution in [3.63, 3.8) is 0 Å². The smallest absolute Gasteiger partial charge is 0.223 e. The van der Waals surface area contributed by atoms with Crippen molar-refractivity contribution in [2.24, 2.45) is 0 Å². The number of pyridine rings is 1. The molecule has 1 atom stereocenters. The molecule has 2 aromatic rings. The Morgan fingerprint density at radius 1 is 1.25 bits per heavy atom. The number of para-hydroxylation sites is 1. The summed E-state index contributed by atoms with van der Waals surface area (Å²) in [5, 5.41) is 0. The molecule has 4 heteroatoms. The third-order valence-corrected chi connectivity index (χ3v) is 4.66. The second-order valence-corrected chi connectivity index (χ2v) is 6.15. The molecule has 0 radical (unpaired) electrons. The number of carbonyl (C=O) groups is 1. The van der Waals surface area contributed by atoms with E-state index in [-0.39, 0.29) is 11.8 Å². The molecule has 2 heterocycles. The summed E-state index contributed by atoms with van der Waals surface area (Å²) < 4.78 is 5.70. The van der Waals surface area contributed by atoms with Crippen LogP contribution < -0.4 is 4.74 Å². The van der Waals surface area contributed by atoms with Gasteiger partial charge in [-0.15, -0.1) is 0 Å². The highest BCUT2D eigenvalue weighted by Crippen LogP contribution is 2.35. The number of benzene rings is 1. The van der Waals surface area contributed by atoms with E-state index in [4.69, 9.17) is 4.74 Å². The first-order valence-electron chi connectivity index (χ1n) is 8.66. The zero-order chi connectivity index (χ0) is 16.8. The first-order valence-corrected chi connectivity index (χ1v) is 8.66. The zero-order valence-electron chi connectivity index (χ0n) is 14.1. The highest BCUT2D eigenvalue weighted by atomic mass is 16.5. The number of carbonyl (C=O) groups excluding carboxylic acids is 1. The SMILES string of the molecule is CCN(CCc1ccncc1)C(=O)CC1CCOc2ccccc21. The lowest BCUT2D eigenvalue weighted by molar-refractivity contribution is -0.131. The maximum absolute atomic E-state index is 12.7. The highest BCUT2D eigenvalue weighted by Gasteiger charge is 2.25. The number of ether oxygens (including phenoxy) is 1. The zero-order valence-corrected chi connectivity index (χ0v) is 14.1. The quantitative estimate of drug-likeness (QED) is 0.817. The molecule has 0 aliphatic carbocycles. The maximum Gasteiger partial charge on any atom is 0.223 e. The van der Waals surface area contributed by atoms with Gasteiger partial charge in [0.15, 0.2) is 0 Å². The number of hydrogen-bond donors (Lipinski definition) is 0. The van der Waals surface area contributed by atoms with Gasteiger partial charge in [0.1, 0.15) is 5.75 Å². The van der Waals surface area contributed by atoms with Crippen LogP contribution in [0.15, 0.2) is 48.8 Å². The second-order valence-electron chi connectivity index (χ2n) is 6.15. The number of rotatable bonds is 6. The molecule has 0 saturated heterocycles. The molecule has 0 saturated carbocycles. The number of likely N-dealkylation sites (N-methyl/N-ethyl adjacent to an activating group) is 1. The lowest BCUT2D eigenvalue weighted by atomic mass is 9.90. The van der Waals surface area contributed by atoms with E-state index >= 15 is 0 Å². The van der Waals surface area contributed by atoms with Crippen LogP contribution in [0.1, 0.15) is 36.8 Å². The molecule has 1 aromatic carbocycles. The molecule has 1 aliphatic heterocycles. The number of nitrogens with zero attached hydrogens (tertiary/aromatic N) is 2. The van der Waals surface area contributed by atoms with E-state index in [0.29, 0.717) is 13.0 Å². The van der Waals surface area contributed by atoms with Gasteiger partial charge in [0.2, 0.25) is 5.91 Å². The van der Waals surface area contributed by atoms with Gasteiger partial charge in [0.25, 0.3) is 0 Å². The van der Waals surface area contributed by atoms with Gasteiger partial charge in [-0.3, -0.25) is 9.78 Å². The Labute approximate surface area is 143 Å². The summed E-state index contributed by atoms with van der Waals surface area (Å²) in [6.45, 7) is 4.24. The summed E-state index contributed by atoms with van der Waals surface area (Å²) in [6.07, 6.45) is 5.93. The Hall–Kier alpha value is -2.36. The van der Waals surface area contributed by atoms with Crippen molar-refractivity contribution in [1.29, 1.82) is 0 Å². The Kier molecular flexibility index (Phi) is 5.47. The van der Waals surface area contributed by atoms with E-state index in [0.717, 1.165) is 31.7 Å². The van der Waals surface area contributed by atoms with Crippen LogP contribution in [-0.2, 0) is 11.2 Å². The van der Waals surface area contributed by atoms with E-state index in [1.165, 1.54) is 11.1 Å². The van der Waals surface area contributed by atoms with Crippen molar-refractivity contribution < 1.29 is 9.53 Å². The van der Waals surface area contributed by atoms with Crippen molar-refractivity contribution in [3.05, 3.63) is 59.9 Å². The Morgan fingerprint density at radius 2 is 2.04 bits per heavy atom. The Balaban J connectivity index is 1.61. The fourth-order valence-electron chi connectivity index (χ4n) is 3.24. The molecular formula is C20H24N2O2. The molecule has 24 heavy (non-hydrogen) atoms. The van der Waals surface area contributed by atoms with Crippen LogP contribution in [-0.4, -0.2) is 35.5 Å². The molecule has 0 spiro atoms. The second kappa shape index (κ2) is 7.95. The summed E-state index contributed by atoms with van der Waals surface area (Å²) >= 11 is 0. The summed E-state index contributed by atoms with van der Waals surface area (Å²) in [6, 6.07) is 12.1. The van der Waals surface area contributed by atoms with Crippen LogP contribution in [0, 0.1) is 0 Å². The van der Waals surface area contributed by atoms with Gasteiger partial charge in [0.05, 0.1) is 6.61 Å². The predicted molar refractivity (Wildman–Crippen MR) is 94.1 cm³/mol. The van der Waals surface area contributed by atoms with Crippen LogP contribution in [0.5, 0.6) is 5.75 Å². The largest absolute Gasteiger partial charge is 0.493 e. The standard InChI is InChI=1S/C20H24N2O2/c1-2-22(13-9-16-7-11-21-12-8-16)20(23)15-17-10-14-24-19-6-4-3-5-18(17)19/h3-8,11-12,17H,2,9-10,13-15H2,1H3. The molecule has 3 rings (SSSR count). The molecule has 1 amide bonds. The van der Waals surface area contributed by atoms with Crippen LogP contribution in [0.3, 0.4) is 0 Å². The van der Waals surface area contributed by atoms with Crippen molar-refractivity contribution in [2.75, 3.05) is 19.7 Å². The van der Waals surface area contributed by atoms with E-state index in [2.05, 4.69) is 11.1 Å². The molecule has 4 nitrogen and oxygen atoms in total. The summed E-state index contributed by atoms with van der Waals surface area (Å²) in [7, 11) is 0. The molecule has 1 aromatic heterocycles. The van der Waals surface area contributed by atoms with E-state index in [1.807, 2.05) is 42.2 Å². The summed E-state index contributed by atoms with van der Waals surface area (Å²) in [5.41, 5.74) is 2.38. The summed E-state index contributed by atoms with van der Waals surface area (Å²) in [5.74, 6) is 1.42. The monoisotopic (exact) mass is 324 g/mol. The lowest BCUT2D eigenvalue weighted by Crippen LogP contribution is -2.34. The number of hydrogen-bond acceptors (Lipinski definition) is 3. The van der Waals surface area contributed by atoms with E-state index in [9.17, 15) is 4.79 Å². The molecule has 0 N–H and O–H groups in total. The fraction of sp³-hybridized carbons (Fsp3) is 0.400. The van der Waals surface area contributed by atoms with Gasteiger partial charge in [-0.25, -0.2) is 0 Å². The highest BCUT2D eigenvalue weighted by molar-refractivity contribution is 5.77. The third-order valence-electron chi connectivity index (χ3n) is 4.66. The minimum atomic E-state index is 0.230. The van der Waals surface area contributed by atoms with Gasteiger partial charge < -0.3 is 9.64 Å². The number of aromatic nitrogens is 1. The normalized spacial score (nSPS) is 16.1. The summed E-state index contributed by atoms with van der Waals surface area (Å²) in [4.78, 5) is 18.7. The number of amides is 1. The van der Waals surface area contributed by atoms with Crippen LogP contribution >= 0.6 is 0 Å². The first-order chi connectivity index (χ1) is 11.8. The van der Waals surface area contributed by atoms with Crippen LogP contribution in [0.2, 0.25) is 0 Å². The van der Waals surface area contributed by atoms with Gasteiger partial charge in [-0.1, -0.05) is 18.2 Å². The van der Waals surface area contributed by atoms with Gasteiger partial charge in [-0.2, -0.15) is 0 Å². The van der Waals surface area contributed by atoms with Gasteiger partial charge >= 0.3 is 0 Å². The topological polar surface area (TPSA) is 42.4 Å². The Bertz CT molecular complexity index is 672. The maximum atomic E-state index is 12.7. The molecular weight excluding hydrogens is 300 g/mol. The minimum absolute atomic E-state index is 0.230. The van der Waals surface area contributed by atoms with Crippen molar-refractivity contribution in [2.45, 2.75) is 32.1 Å². The van der Waals surface area contributed by atoms with Gasteiger partial charge in [0, 0.05) is 31.9 Å². The van der Waals surface area contributed by atoms with Crippen molar-refractivity contribution >= 4 is 5.91 Å². The van der Waals surface area contributed by atoms with E-state index in [1.54, 1.807) is 12.4 Å². The van der Waals surface area contributed by atoms with Crippen LogP contribution in [0.4, 0.5) is 0 Å². The predicted octanol–water partition coefficient (Wildman–Crippen LogP) is 3.43. The van der Waals surface area contributed by atoms with E-state index < -0.39 is 0 Å². The minimum Gasteiger partial charge on any atom is -0.493 e. The van der Waals surface area contributed by atoms with Crippen molar-refractivity contribution in [1.82, 2.24) is 9.88 Å². The lowest BCUT2D eigenvalue weighted by Gasteiger charge is -2.28. The third kappa shape index (κ3) is 3.94. The van der Waals surface area contributed by atoms with Crippen LogP contribution in [0.25, 0.3) is 0 Å². The fourth-order valence-corrected chi connectivity index (χ4v) is 3.24. The average Bonchev–Trinajstić information content (AvgIpc) is 2.63. The molecule has 0 bridgehead atoms. The molecule has 126 valence electrons.